The normalized spacial score (nSPS) is 21.1. The molecule has 1 heterocycles. The van der Waals surface area contributed by atoms with Crippen molar-refractivity contribution < 1.29 is 8.42 Å². The van der Waals surface area contributed by atoms with Crippen LogP contribution < -0.4 is 0 Å². The van der Waals surface area contributed by atoms with Crippen LogP contribution in [0.5, 0.6) is 0 Å². The number of sulfonamides is 1. The second kappa shape index (κ2) is 5.03. The number of halogens is 1. The highest BCUT2D eigenvalue weighted by molar-refractivity contribution is 7.89. The summed E-state index contributed by atoms with van der Waals surface area (Å²) in [4.78, 5) is 0.318. The highest BCUT2D eigenvalue weighted by Gasteiger charge is 2.36. The van der Waals surface area contributed by atoms with Gasteiger partial charge in [0.1, 0.15) is 0 Å². The lowest BCUT2D eigenvalue weighted by Crippen LogP contribution is -2.35. The third-order valence-corrected chi connectivity index (χ3v) is 5.37. The number of hydrogen-bond acceptors (Lipinski definition) is 2. The van der Waals surface area contributed by atoms with E-state index in [-0.39, 0.29) is 6.04 Å². The summed E-state index contributed by atoms with van der Waals surface area (Å²) in [7, 11) is -3.46. The Balaban J connectivity index is 2.36. The molecule has 0 N–H and O–H groups in total. The second-order valence-electron chi connectivity index (χ2n) is 4.53. The van der Waals surface area contributed by atoms with Crippen molar-refractivity contribution in [2.24, 2.45) is 0 Å². The maximum atomic E-state index is 12.5. The van der Waals surface area contributed by atoms with E-state index in [1.165, 1.54) is 4.31 Å². The third kappa shape index (κ3) is 2.46. The molecule has 0 aliphatic carbocycles. The Bertz CT molecular complexity index is 551. The molecule has 1 unspecified atom stereocenters. The van der Waals surface area contributed by atoms with Gasteiger partial charge in [-0.25, -0.2) is 8.42 Å². The molecule has 0 spiro atoms. The quantitative estimate of drug-likeness (QED) is 0.856. The first kappa shape index (κ1) is 13.6. The largest absolute Gasteiger partial charge is 0.243 e. The monoisotopic (exact) mass is 285 g/mol. The molecule has 2 rings (SSSR count). The molecule has 1 aromatic rings. The molecule has 0 bridgehead atoms. The lowest BCUT2D eigenvalue weighted by atomic mass is 10.2. The molecule has 0 radical (unpaired) electrons. The molecule has 0 aromatic heterocycles. The fourth-order valence-corrected chi connectivity index (χ4v) is 4.16. The van der Waals surface area contributed by atoms with Crippen LogP contribution in [-0.4, -0.2) is 25.3 Å². The molecule has 0 saturated carbocycles. The lowest BCUT2D eigenvalue weighted by molar-refractivity contribution is 0.429. The van der Waals surface area contributed by atoms with Crippen molar-refractivity contribution >= 4 is 21.6 Å². The van der Waals surface area contributed by atoms with Crippen LogP contribution in [0.15, 0.2) is 40.8 Å². The van der Waals surface area contributed by atoms with Crippen LogP contribution in [0.2, 0.25) is 0 Å². The molecule has 0 amide bonds. The van der Waals surface area contributed by atoms with Crippen molar-refractivity contribution in [2.45, 2.75) is 30.7 Å². The molecule has 5 heteroatoms. The molecule has 1 aliphatic heterocycles. The van der Waals surface area contributed by atoms with E-state index in [0.29, 0.717) is 16.5 Å². The first-order valence-corrected chi connectivity index (χ1v) is 7.67. The van der Waals surface area contributed by atoms with Crippen LogP contribution in [0, 0.1) is 6.92 Å². The summed E-state index contributed by atoms with van der Waals surface area (Å²) in [5, 5.41) is 0.392. The minimum Gasteiger partial charge on any atom is -0.207 e. The van der Waals surface area contributed by atoms with E-state index >= 15 is 0 Å². The van der Waals surface area contributed by atoms with E-state index < -0.39 is 10.0 Å². The Morgan fingerprint density at radius 3 is 2.56 bits per heavy atom. The molecule has 18 heavy (non-hydrogen) atoms. The molecule has 3 nitrogen and oxygen atoms in total. The van der Waals surface area contributed by atoms with Crippen LogP contribution in [0.25, 0.3) is 0 Å². The molecular weight excluding hydrogens is 270 g/mol. The summed E-state index contributed by atoms with van der Waals surface area (Å²) >= 11 is 5.90. The molecule has 1 aromatic carbocycles. The zero-order valence-corrected chi connectivity index (χ0v) is 11.8. The number of nitrogens with zero attached hydrogens (tertiary/aromatic N) is 1. The van der Waals surface area contributed by atoms with E-state index in [2.05, 4.69) is 6.58 Å². The van der Waals surface area contributed by atoms with Gasteiger partial charge in [-0.3, -0.25) is 0 Å². The Hall–Kier alpha value is -0.840. The summed E-state index contributed by atoms with van der Waals surface area (Å²) in [6, 6.07) is 6.59. The van der Waals surface area contributed by atoms with Crippen molar-refractivity contribution in [3.8, 4) is 0 Å². The summed E-state index contributed by atoms with van der Waals surface area (Å²) in [6.45, 7) is 6.10. The second-order valence-corrected chi connectivity index (χ2v) is 6.91. The standard InChI is InChI=1S/C13H16ClNO2S/c1-10-5-7-12(8-6-10)18(16,17)15-9-3-4-13(15)11(2)14/h5-8,13H,2-4,9H2,1H3. The average Bonchev–Trinajstić information content (AvgIpc) is 2.79. The van der Waals surface area contributed by atoms with Gasteiger partial charge in [0.25, 0.3) is 0 Å². The Morgan fingerprint density at radius 2 is 2.00 bits per heavy atom. The zero-order valence-electron chi connectivity index (χ0n) is 10.3. The summed E-state index contributed by atoms with van der Waals surface area (Å²) in [5.41, 5.74) is 1.04. The Labute approximate surface area is 113 Å². The molecule has 98 valence electrons. The van der Waals surface area contributed by atoms with Gasteiger partial charge in [-0.15, -0.1) is 0 Å². The van der Waals surface area contributed by atoms with Gasteiger partial charge in [0, 0.05) is 11.6 Å². The van der Waals surface area contributed by atoms with Crippen LogP contribution >= 0.6 is 11.6 Å². The predicted octanol–water partition coefficient (Wildman–Crippen LogP) is 2.90. The molecule has 1 atom stereocenters. The van der Waals surface area contributed by atoms with Gasteiger partial charge in [-0.05, 0) is 31.9 Å². The topological polar surface area (TPSA) is 37.4 Å². The zero-order chi connectivity index (χ0) is 13.3. The fourth-order valence-electron chi connectivity index (χ4n) is 2.19. The van der Waals surface area contributed by atoms with Crippen molar-refractivity contribution in [3.63, 3.8) is 0 Å². The number of rotatable bonds is 3. The van der Waals surface area contributed by atoms with Gasteiger partial charge in [0.05, 0.1) is 10.9 Å². The highest BCUT2D eigenvalue weighted by atomic mass is 35.5. The Morgan fingerprint density at radius 1 is 1.39 bits per heavy atom. The van der Waals surface area contributed by atoms with Crippen LogP contribution in [0.3, 0.4) is 0 Å². The fraction of sp³-hybridized carbons (Fsp3) is 0.385. The van der Waals surface area contributed by atoms with Gasteiger partial charge in [0.15, 0.2) is 0 Å². The van der Waals surface area contributed by atoms with Gasteiger partial charge in [-0.1, -0.05) is 35.9 Å². The smallest absolute Gasteiger partial charge is 0.207 e. The van der Waals surface area contributed by atoms with Crippen LogP contribution in [0.1, 0.15) is 18.4 Å². The summed E-state index contributed by atoms with van der Waals surface area (Å²) < 4.78 is 26.4. The van der Waals surface area contributed by atoms with Gasteiger partial charge < -0.3 is 0 Å². The van der Waals surface area contributed by atoms with Crippen LogP contribution in [0.4, 0.5) is 0 Å². The van der Waals surface area contributed by atoms with E-state index in [9.17, 15) is 8.42 Å². The molecule has 1 aliphatic rings. The first-order valence-electron chi connectivity index (χ1n) is 5.86. The first-order chi connectivity index (χ1) is 8.43. The summed E-state index contributed by atoms with van der Waals surface area (Å²) in [5.74, 6) is 0. The minimum atomic E-state index is -3.46. The van der Waals surface area contributed by atoms with Gasteiger partial charge >= 0.3 is 0 Å². The van der Waals surface area contributed by atoms with E-state index in [0.717, 1.165) is 18.4 Å². The van der Waals surface area contributed by atoms with Crippen LogP contribution in [-0.2, 0) is 10.0 Å². The van der Waals surface area contributed by atoms with E-state index in [4.69, 9.17) is 11.6 Å². The number of aryl methyl sites for hydroxylation is 1. The predicted molar refractivity (Wildman–Crippen MR) is 73.1 cm³/mol. The molecule has 1 fully saturated rings. The summed E-state index contributed by atoms with van der Waals surface area (Å²) in [6.07, 6.45) is 1.56. The third-order valence-electron chi connectivity index (χ3n) is 3.19. The van der Waals surface area contributed by atoms with Crippen molar-refractivity contribution in [3.05, 3.63) is 41.4 Å². The Kier molecular flexibility index (Phi) is 3.80. The average molecular weight is 286 g/mol. The molecular formula is C13H16ClNO2S. The van der Waals surface area contributed by atoms with E-state index in [1.807, 2.05) is 6.92 Å². The number of hydrogen-bond donors (Lipinski definition) is 0. The lowest BCUT2D eigenvalue weighted by Gasteiger charge is -2.23. The van der Waals surface area contributed by atoms with Crippen molar-refractivity contribution in [1.29, 1.82) is 0 Å². The SMILES string of the molecule is C=C(Cl)C1CCCN1S(=O)(=O)c1ccc(C)cc1. The highest BCUT2D eigenvalue weighted by Crippen LogP contribution is 2.30. The van der Waals surface area contributed by atoms with Gasteiger partial charge in [0.2, 0.25) is 10.0 Å². The molecule has 1 saturated heterocycles. The maximum Gasteiger partial charge on any atom is 0.243 e. The number of benzene rings is 1. The van der Waals surface area contributed by atoms with Crippen molar-refractivity contribution in [2.75, 3.05) is 6.54 Å². The van der Waals surface area contributed by atoms with E-state index in [1.54, 1.807) is 24.3 Å². The van der Waals surface area contributed by atoms with Crippen molar-refractivity contribution in [1.82, 2.24) is 4.31 Å². The maximum absolute atomic E-state index is 12.5. The van der Waals surface area contributed by atoms with Gasteiger partial charge in [-0.2, -0.15) is 4.31 Å². The minimum absolute atomic E-state index is 0.280.